The fourth-order valence-electron chi connectivity index (χ4n) is 3.53. The van der Waals surface area contributed by atoms with Crippen molar-refractivity contribution >= 4 is 17.6 Å². The van der Waals surface area contributed by atoms with E-state index in [2.05, 4.69) is 20.0 Å². The van der Waals surface area contributed by atoms with Crippen molar-refractivity contribution in [3.05, 3.63) is 58.2 Å². The summed E-state index contributed by atoms with van der Waals surface area (Å²) < 4.78 is 73.5. The van der Waals surface area contributed by atoms with Crippen LogP contribution in [0, 0.1) is 31.0 Å². The molecule has 1 aromatic carbocycles. The minimum Gasteiger partial charge on any atom is -0.452 e. The molecule has 1 aliphatic heterocycles. The van der Waals surface area contributed by atoms with Crippen LogP contribution in [-0.2, 0) is 10.3 Å². The predicted molar refractivity (Wildman–Crippen MR) is 108 cm³/mol. The van der Waals surface area contributed by atoms with E-state index in [1.165, 1.54) is 25.3 Å². The Bertz CT molecular complexity index is 1170. The van der Waals surface area contributed by atoms with Crippen LogP contribution in [0.5, 0.6) is 0 Å². The second kappa shape index (κ2) is 8.65. The summed E-state index contributed by atoms with van der Waals surface area (Å²) in [4.78, 5) is 20.3. The first kappa shape index (κ1) is 23.9. The van der Waals surface area contributed by atoms with E-state index in [0.29, 0.717) is 5.56 Å². The van der Waals surface area contributed by atoms with Gasteiger partial charge in [-0.2, -0.15) is 18.4 Å². The number of pyridine rings is 1. The van der Waals surface area contributed by atoms with Gasteiger partial charge in [0.05, 0.1) is 5.56 Å². The van der Waals surface area contributed by atoms with E-state index in [0.717, 1.165) is 6.07 Å². The Kier molecular flexibility index (Phi) is 6.26. The van der Waals surface area contributed by atoms with Crippen LogP contribution in [0.4, 0.5) is 27.6 Å². The third kappa shape index (κ3) is 4.72. The molecular weight excluding hydrogens is 449 g/mol. The van der Waals surface area contributed by atoms with Gasteiger partial charge < -0.3 is 15.8 Å². The lowest BCUT2D eigenvalue weighted by Crippen LogP contribution is -2.48. The van der Waals surface area contributed by atoms with Crippen LogP contribution < -0.4 is 11.1 Å². The van der Waals surface area contributed by atoms with Crippen LogP contribution in [0.2, 0.25) is 0 Å². The Balaban J connectivity index is 2.03. The molecule has 0 fully saturated rings. The number of nitrogens with one attached hydrogen (secondary N) is 1. The first-order valence-electron chi connectivity index (χ1n) is 9.53. The molecule has 2 aromatic rings. The number of halogens is 5. The van der Waals surface area contributed by atoms with E-state index in [1.54, 1.807) is 6.92 Å². The topological polar surface area (TPSA) is 113 Å². The summed E-state index contributed by atoms with van der Waals surface area (Å²) in [6.07, 6.45) is -7.23. The SMILES string of the molecule is Cc1cc(C#N)cnc1C(=O)Nc1cc(C)c(F)c([C@]2(CF)C[C@@H](C(F)(F)F)OC(N)=N2)c1. The van der Waals surface area contributed by atoms with E-state index in [9.17, 15) is 22.4 Å². The highest BCUT2D eigenvalue weighted by atomic mass is 19.4. The van der Waals surface area contributed by atoms with Crippen LogP contribution in [-0.4, -0.2) is 35.9 Å². The molecule has 0 saturated heterocycles. The van der Waals surface area contributed by atoms with Crippen molar-refractivity contribution in [3.8, 4) is 6.07 Å². The normalized spacial score (nSPS) is 20.4. The molecular formula is C21H18F5N5O2. The number of amidine groups is 1. The molecule has 33 heavy (non-hydrogen) atoms. The maximum Gasteiger partial charge on any atom is 0.425 e. The number of aryl methyl sites for hydroxylation is 2. The summed E-state index contributed by atoms with van der Waals surface area (Å²) in [7, 11) is 0. The summed E-state index contributed by atoms with van der Waals surface area (Å²) in [5.41, 5.74) is 3.08. The number of nitriles is 1. The zero-order valence-electron chi connectivity index (χ0n) is 17.4. The van der Waals surface area contributed by atoms with Crippen molar-refractivity contribution in [3.63, 3.8) is 0 Å². The minimum atomic E-state index is -4.89. The largest absolute Gasteiger partial charge is 0.452 e. The van der Waals surface area contributed by atoms with Crippen molar-refractivity contribution in [1.29, 1.82) is 5.26 Å². The Hall–Kier alpha value is -3.75. The third-order valence-electron chi connectivity index (χ3n) is 5.13. The Labute approximate surface area is 185 Å². The van der Waals surface area contributed by atoms with Gasteiger partial charge in [0, 0.05) is 23.9 Å². The predicted octanol–water partition coefficient (Wildman–Crippen LogP) is 3.79. The van der Waals surface area contributed by atoms with Gasteiger partial charge in [0.15, 0.2) is 6.10 Å². The molecule has 174 valence electrons. The lowest BCUT2D eigenvalue weighted by atomic mass is 9.83. The Morgan fingerprint density at radius 1 is 1.33 bits per heavy atom. The highest BCUT2D eigenvalue weighted by molar-refractivity contribution is 6.04. The van der Waals surface area contributed by atoms with Gasteiger partial charge in [0.2, 0.25) is 0 Å². The number of rotatable bonds is 4. The van der Waals surface area contributed by atoms with Crippen LogP contribution >= 0.6 is 0 Å². The van der Waals surface area contributed by atoms with Crippen LogP contribution in [0.1, 0.15) is 39.2 Å². The number of hydrogen-bond donors (Lipinski definition) is 2. The Morgan fingerprint density at radius 2 is 2.03 bits per heavy atom. The maximum absolute atomic E-state index is 15.0. The number of nitrogens with two attached hydrogens (primary N) is 1. The summed E-state index contributed by atoms with van der Waals surface area (Å²) in [5.74, 6) is -1.70. The first-order valence-corrected chi connectivity index (χ1v) is 9.53. The molecule has 2 heterocycles. The number of aromatic nitrogens is 1. The summed E-state index contributed by atoms with van der Waals surface area (Å²) >= 11 is 0. The average molecular weight is 467 g/mol. The Morgan fingerprint density at radius 3 is 2.61 bits per heavy atom. The number of nitrogens with zero attached hydrogens (tertiary/aromatic N) is 3. The maximum atomic E-state index is 15.0. The molecule has 0 bridgehead atoms. The molecule has 1 aromatic heterocycles. The highest BCUT2D eigenvalue weighted by Crippen LogP contribution is 2.42. The van der Waals surface area contributed by atoms with Gasteiger partial charge in [-0.05, 0) is 43.2 Å². The van der Waals surface area contributed by atoms with Crippen molar-refractivity contribution in [2.24, 2.45) is 10.7 Å². The lowest BCUT2D eigenvalue weighted by molar-refractivity contribution is -0.209. The molecule has 0 aliphatic carbocycles. The third-order valence-corrected chi connectivity index (χ3v) is 5.13. The summed E-state index contributed by atoms with van der Waals surface area (Å²) in [6.45, 7) is 1.37. The number of amides is 1. The van der Waals surface area contributed by atoms with Crippen molar-refractivity contribution < 1.29 is 31.5 Å². The second-order valence-corrected chi connectivity index (χ2v) is 7.58. The van der Waals surface area contributed by atoms with E-state index < -0.39 is 54.2 Å². The van der Waals surface area contributed by atoms with E-state index in [1.807, 2.05) is 6.07 Å². The van der Waals surface area contributed by atoms with Crippen molar-refractivity contribution in [2.45, 2.75) is 38.1 Å². The molecule has 3 N–H and O–H groups in total. The van der Waals surface area contributed by atoms with Crippen LogP contribution in [0.3, 0.4) is 0 Å². The quantitative estimate of drug-likeness (QED) is 0.665. The molecule has 0 radical (unpaired) electrons. The summed E-state index contributed by atoms with van der Waals surface area (Å²) in [6, 6.07) is 4.64. The fourth-order valence-corrected chi connectivity index (χ4v) is 3.53. The number of alkyl halides is 4. The number of hydrogen-bond acceptors (Lipinski definition) is 6. The van der Waals surface area contributed by atoms with E-state index >= 15 is 4.39 Å². The number of anilines is 1. The van der Waals surface area contributed by atoms with Crippen molar-refractivity contribution in [1.82, 2.24) is 4.98 Å². The molecule has 1 aliphatic rings. The monoisotopic (exact) mass is 467 g/mol. The van der Waals surface area contributed by atoms with Gasteiger partial charge in [-0.25, -0.2) is 18.8 Å². The van der Waals surface area contributed by atoms with Crippen LogP contribution in [0.25, 0.3) is 0 Å². The fraction of sp³-hybridized carbons (Fsp3) is 0.333. The van der Waals surface area contributed by atoms with Gasteiger partial charge in [-0.3, -0.25) is 4.79 Å². The average Bonchev–Trinajstić information content (AvgIpc) is 2.74. The number of carbonyl (C=O) groups excluding carboxylic acids is 1. The van der Waals surface area contributed by atoms with Gasteiger partial charge >= 0.3 is 6.18 Å². The van der Waals surface area contributed by atoms with E-state index in [4.69, 9.17) is 11.0 Å². The lowest BCUT2D eigenvalue weighted by Gasteiger charge is -2.37. The van der Waals surface area contributed by atoms with Gasteiger partial charge in [0.25, 0.3) is 11.9 Å². The molecule has 3 rings (SSSR count). The molecule has 7 nitrogen and oxygen atoms in total. The standard InChI is InChI=1S/C21H18F5N5O2/c1-10-4-13(30-18(32)17-11(2)3-12(7-27)8-29-17)5-14(16(10)23)20(9-22)6-15(21(24,25)26)33-19(28)31-20/h3-5,8,15H,6,9H2,1-2H3,(H2,28,31)(H,30,32)/t15-,20+/m0/s1. The van der Waals surface area contributed by atoms with Gasteiger partial charge in [-0.15, -0.1) is 0 Å². The highest BCUT2D eigenvalue weighted by Gasteiger charge is 2.52. The van der Waals surface area contributed by atoms with Crippen LogP contribution in [0.15, 0.2) is 29.4 Å². The first-order chi connectivity index (χ1) is 15.4. The molecule has 1 amide bonds. The molecule has 0 saturated carbocycles. The molecule has 12 heteroatoms. The number of benzene rings is 1. The number of ether oxygens (including phenoxy) is 1. The molecule has 0 unspecified atom stereocenters. The van der Waals surface area contributed by atoms with Gasteiger partial charge in [-0.1, -0.05) is 0 Å². The zero-order chi connectivity index (χ0) is 24.6. The zero-order valence-corrected chi connectivity index (χ0v) is 17.4. The molecule has 2 atom stereocenters. The van der Waals surface area contributed by atoms with E-state index in [-0.39, 0.29) is 22.5 Å². The smallest absolute Gasteiger partial charge is 0.425 e. The number of aliphatic imine (C=N–C) groups is 1. The molecule has 0 spiro atoms. The van der Waals surface area contributed by atoms with Crippen molar-refractivity contribution in [2.75, 3.05) is 12.0 Å². The minimum absolute atomic E-state index is 0.0175. The second-order valence-electron chi connectivity index (χ2n) is 7.58. The van der Waals surface area contributed by atoms with Gasteiger partial charge in [0.1, 0.15) is 29.8 Å². The summed E-state index contributed by atoms with van der Waals surface area (Å²) in [5, 5.41) is 11.4. The number of carbonyl (C=O) groups is 1.